The van der Waals surface area contributed by atoms with Crippen LogP contribution in [0, 0.1) is 3.95 Å². The number of hydrogen-bond donors (Lipinski definition) is 1. The second-order valence-corrected chi connectivity index (χ2v) is 8.91. The first kappa shape index (κ1) is 20.4. The molecule has 1 aromatic heterocycles. The number of carbonyl (C=O) groups excluding carboxylic acids is 1. The summed E-state index contributed by atoms with van der Waals surface area (Å²) in [5.74, 6) is 1.03. The number of thioether (sulfide) groups is 1. The molecule has 1 unspecified atom stereocenters. The van der Waals surface area contributed by atoms with Gasteiger partial charge < -0.3 is 14.8 Å². The SMILES string of the molecule is COc1ccc(NC(=O)C(C)Sc2nn(-c3ccccc3)c(=S)s2)cc1OC. The predicted octanol–water partition coefficient (Wildman–Crippen LogP) is 4.80. The van der Waals surface area contributed by atoms with Gasteiger partial charge in [-0.25, -0.2) is 4.68 Å². The molecule has 0 radical (unpaired) electrons. The number of hydrogen-bond acceptors (Lipinski definition) is 7. The van der Waals surface area contributed by atoms with Crippen LogP contribution in [0.2, 0.25) is 0 Å². The molecule has 0 spiro atoms. The average molecular weight is 434 g/mol. The summed E-state index contributed by atoms with van der Waals surface area (Å²) in [5, 5.41) is 7.08. The zero-order valence-corrected chi connectivity index (χ0v) is 18.0. The van der Waals surface area contributed by atoms with Gasteiger partial charge in [0.15, 0.2) is 19.8 Å². The van der Waals surface area contributed by atoms with Crippen molar-refractivity contribution in [2.75, 3.05) is 19.5 Å². The summed E-state index contributed by atoms with van der Waals surface area (Å²) in [6.45, 7) is 1.83. The minimum Gasteiger partial charge on any atom is -0.493 e. The Morgan fingerprint density at radius 3 is 2.57 bits per heavy atom. The summed E-state index contributed by atoms with van der Waals surface area (Å²) in [6, 6.07) is 14.9. The van der Waals surface area contributed by atoms with Crippen molar-refractivity contribution in [2.45, 2.75) is 16.5 Å². The maximum absolute atomic E-state index is 12.6. The van der Waals surface area contributed by atoms with Gasteiger partial charge in [-0.05, 0) is 43.4 Å². The summed E-state index contributed by atoms with van der Waals surface area (Å²) < 4.78 is 13.6. The van der Waals surface area contributed by atoms with Crippen molar-refractivity contribution in [3.8, 4) is 17.2 Å². The van der Waals surface area contributed by atoms with Gasteiger partial charge in [0, 0.05) is 11.8 Å². The molecule has 0 aliphatic heterocycles. The van der Waals surface area contributed by atoms with Gasteiger partial charge in [0.2, 0.25) is 5.91 Å². The number of ether oxygens (including phenoxy) is 2. The van der Waals surface area contributed by atoms with E-state index in [-0.39, 0.29) is 11.2 Å². The van der Waals surface area contributed by atoms with Gasteiger partial charge in [0.05, 0.1) is 25.2 Å². The number of nitrogens with one attached hydrogen (secondary N) is 1. The van der Waals surface area contributed by atoms with Gasteiger partial charge in [0.1, 0.15) is 0 Å². The lowest BCUT2D eigenvalue weighted by Gasteiger charge is -2.13. The lowest BCUT2D eigenvalue weighted by Crippen LogP contribution is -2.22. The molecule has 0 aliphatic carbocycles. The van der Waals surface area contributed by atoms with Crippen LogP contribution in [0.1, 0.15) is 6.92 Å². The normalized spacial score (nSPS) is 11.7. The molecule has 1 heterocycles. The maximum Gasteiger partial charge on any atom is 0.237 e. The molecule has 1 amide bonds. The monoisotopic (exact) mass is 433 g/mol. The highest BCUT2D eigenvalue weighted by Crippen LogP contribution is 2.31. The molecule has 0 aliphatic rings. The van der Waals surface area contributed by atoms with Crippen LogP contribution in [0.3, 0.4) is 0 Å². The Hall–Kier alpha value is -2.36. The van der Waals surface area contributed by atoms with E-state index in [1.807, 2.05) is 37.3 Å². The van der Waals surface area contributed by atoms with Gasteiger partial charge in [0.25, 0.3) is 0 Å². The Labute approximate surface area is 176 Å². The number of anilines is 1. The molecule has 0 saturated heterocycles. The second-order valence-electron chi connectivity index (χ2n) is 5.70. The van der Waals surface area contributed by atoms with Crippen molar-refractivity contribution in [3.05, 3.63) is 52.5 Å². The minimum atomic E-state index is -0.349. The summed E-state index contributed by atoms with van der Waals surface area (Å²) >= 11 is 8.16. The van der Waals surface area contributed by atoms with Gasteiger partial charge in [-0.15, -0.1) is 5.10 Å². The smallest absolute Gasteiger partial charge is 0.237 e. The van der Waals surface area contributed by atoms with E-state index >= 15 is 0 Å². The van der Waals surface area contributed by atoms with E-state index in [0.29, 0.717) is 21.1 Å². The third-order valence-electron chi connectivity index (χ3n) is 3.83. The van der Waals surface area contributed by atoms with E-state index < -0.39 is 0 Å². The van der Waals surface area contributed by atoms with Crippen molar-refractivity contribution in [1.29, 1.82) is 0 Å². The highest BCUT2D eigenvalue weighted by molar-refractivity contribution is 8.02. The zero-order valence-electron chi connectivity index (χ0n) is 15.5. The molecule has 1 N–H and O–H groups in total. The van der Waals surface area contributed by atoms with E-state index in [4.69, 9.17) is 21.7 Å². The summed E-state index contributed by atoms with van der Waals surface area (Å²) in [4.78, 5) is 12.6. The molecule has 28 heavy (non-hydrogen) atoms. The molecular weight excluding hydrogens is 414 g/mol. The molecule has 0 bridgehead atoms. The molecular formula is C19H19N3O3S3. The van der Waals surface area contributed by atoms with Crippen molar-refractivity contribution in [2.24, 2.45) is 0 Å². The highest BCUT2D eigenvalue weighted by atomic mass is 32.2. The van der Waals surface area contributed by atoms with E-state index in [9.17, 15) is 4.79 Å². The topological polar surface area (TPSA) is 65.4 Å². The molecule has 2 aromatic carbocycles. The van der Waals surface area contributed by atoms with E-state index in [1.54, 1.807) is 37.1 Å². The molecule has 0 fully saturated rings. The van der Waals surface area contributed by atoms with Crippen LogP contribution < -0.4 is 14.8 Å². The van der Waals surface area contributed by atoms with Crippen LogP contribution in [0.25, 0.3) is 5.69 Å². The molecule has 9 heteroatoms. The summed E-state index contributed by atoms with van der Waals surface area (Å²) in [5.41, 5.74) is 1.54. The molecule has 3 rings (SSSR count). The highest BCUT2D eigenvalue weighted by Gasteiger charge is 2.18. The number of rotatable bonds is 7. The number of para-hydroxylation sites is 1. The Kier molecular flexibility index (Phi) is 6.71. The van der Waals surface area contributed by atoms with E-state index in [2.05, 4.69) is 10.4 Å². The van der Waals surface area contributed by atoms with Gasteiger partial charge in [-0.2, -0.15) is 0 Å². The standard InChI is InChI=1S/C19H19N3O3S3/c1-12(17(23)20-13-9-10-15(24-2)16(11-13)25-3)27-18-21-22(19(26)28-18)14-7-5-4-6-8-14/h4-12H,1-3H3,(H,20,23). The Balaban J connectivity index is 1.69. The van der Waals surface area contributed by atoms with Gasteiger partial charge in [-0.1, -0.05) is 41.3 Å². The van der Waals surface area contributed by atoms with E-state index in [0.717, 1.165) is 10.0 Å². The van der Waals surface area contributed by atoms with Gasteiger partial charge >= 0.3 is 0 Å². The number of methoxy groups -OCH3 is 2. The summed E-state index contributed by atoms with van der Waals surface area (Å²) in [7, 11) is 3.12. The number of nitrogens with zero attached hydrogens (tertiary/aromatic N) is 2. The fourth-order valence-electron chi connectivity index (χ4n) is 2.40. The third-order valence-corrected chi connectivity index (χ3v) is 6.24. The third kappa shape index (κ3) is 4.73. The van der Waals surface area contributed by atoms with Crippen LogP contribution in [-0.4, -0.2) is 35.2 Å². The molecule has 1 atom stereocenters. The fourth-order valence-corrected chi connectivity index (χ4v) is 4.91. The molecule has 0 saturated carbocycles. The van der Waals surface area contributed by atoms with Crippen LogP contribution in [0.4, 0.5) is 5.69 Å². The quantitative estimate of drug-likeness (QED) is 0.426. The lowest BCUT2D eigenvalue weighted by atomic mass is 10.2. The average Bonchev–Trinajstić information content (AvgIpc) is 3.08. The molecule has 3 aromatic rings. The van der Waals surface area contributed by atoms with Crippen LogP contribution >= 0.6 is 35.3 Å². The predicted molar refractivity (Wildman–Crippen MR) is 116 cm³/mol. The molecule has 146 valence electrons. The first-order chi connectivity index (χ1) is 13.5. The fraction of sp³-hybridized carbons (Fsp3) is 0.211. The van der Waals surface area contributed by atoms with Gasteiger partial charge in [-0.3, -0.25) is 4.79 Å². The van der Waals surface area contributed by atoms with Crippen LogP contribution in [0.5, 0.6) is 11.5 Å². The van der Waals surface area contributed by atoms with Crippen molar-refractivity contribution in [1.82, 2.24) is 9.78 Å². The molecule has 6 nitrogen and oxygen atoms in total. The van der Waals surface area contributed by atoms with Crippen molar-refractivity contribution in [3.63, 3.8) is 0 Å². The van der Waals surface area contributed by atoms with Crippen molar-refractivity contribution >= 4 is 46.9 Å². The minimum absolute atomic E-state index is 0.135. The van der Waals surface area contributed by atoms with E-state index in [1.165, 1.54) is 23.1 Å². The Bertz CT molecular complexity index is 1020. The first-order valence-corrected chi connectivity index (χ1v) is 10.5. The van der Waals surface area contributed by atoms with Crippen LogP contribution in [0.15, 0.2) is 52.9 Å². The lowest BCUT2D eigenvalue weighted by molar-refractivity contribution is -0.115. The number of amides is 1. The number of aromatic nitrogens is 2. The van der Waals surface area contributed by atoms with Crippen molar-refractivity contribution < 1.29 is 14.3 Å². The first-order valence-electron chi connectivity index (χ1n) is 8.37. The zero-order chi connectivity index (χ0) is 20.1. The van der Waals surface area contributed by atoms with Crippen LogP contribution in [-0.2, 0) is 4.79 Å². The Morgan fingerprint density at radius 2 is 1.89 bits per heavy atom. The summed E-state index contributed by atoms with van der Waals surface area (Å²) in [6.07, 6.45) is 0. The number of carbonyl (C=O) groups is 1. The second kappa shape index (κ2) is 9.22. The Morgan fingerprint density at radius 1 is 1.18 bits per heavy atom. The maximum atomic E-state index is 12.6. The largest absolute Gasteiger partial charge is 0.493 e. The number of benzene rings is 2.